The van der Waals surface area contributed by atoms with E-state index < -0.39 is 89.2 Å². The first-order valence-corrected chi connectivity index (χ1v) is 20.1. The van der Waals surface area contributed by atoms with Gasteiger partial charge in [0.2, 0.25) is 0 Å². The van der Waals surface area contributed by atoms with Crippen molar-refractivity contribution >= 4 is 29.3 Å². The average Bonchev–Trinajstić information content (AvgIpc) is 3.65. The van der Waals surface area contributed by atoms with E-state index in [2.05, 4.69) is 15.6 Å². The molecular formula is C41H64N6O11. The van der Waals surface area contributed by atoms with Gasteiger partial charge in [-0.15, -0.1) is 5.10 Å². The Morgan fingerprint density at radius 2 is 1.76 bits per heavy atom. The average molecular weight is 817 g/mol. The minimum absolute atomic E-state index is 0.0109. The highest BCUT2D eigenvalue weighted by Crippen LogP contribution is 2.39. The van der Waals surface area contributed by atoms with E-state index in [1.165, 1.54) is 25.6 Å². The fourth-order valence-corrected chi connectivity index (χ4v) is 8.31. The number of Topliss-reactive ketones (excluding diaryl/α,β-unsaturated/α-hetero) is 2. The molecule has 4 rings (SSSR count). The van der Waals surface area contributed by atoms with E-state index in [-0.39, 0.29) is 38.1 Å². The van der Waals surface area contributed by atoms with Gasteiger partial charge in [0.05, 0.1) is 36.5 Å². The van der Waals surface area contributed by atoms with Crippen LogP contribution in [-0.2, 0) is 44.6 Å². The van der Waals surface area contributed by atoms with E-state index in [0.717, 1.165) is 5.56 Å². The van der Waals surface area contributed by atoms with Crippen molar-refractivity contribution in [1.82, 2.24) is 25.2 Å². The molecule has 17 nitrogen and oxygen atoms in total. The molecule has 5 N–H and O–H groups in total. The monoisotopic (exact) mass is 816 g/mol. The number of aliphatic hydroxyl groups is 2. The van der Waals surface area contributed by atoms with E-state index in [1.807, 2.05) is 32.0 Å². The Morgan fingerprint density at radius 3 is 2.38 bits per heavy atom. The number of carbonyl (C=O) groups excluding carboxylic acids is 4. The van der Waals surface area contributed by atoms with Crippen LogP contribution in [0.1, 0.15) is 74.7 Å². The molecule has 324 valence electrons. The number of nitrogens with zero attached hydrogens (tertiary/aromatic N) is 4. The van der Waals surface area contributed by atoms with Crippen LogP contribution in [0.2, 0.25) is 0 Å². The lowest BCUT2D eigenvalue weighted by Gasteiger charge is -2.47. The molecule has 0 aliphatic carbocycles. The van der Waals surface area contributed by atoms with Gasteiger partial charge in [0, 0.05) is 42.8 Å². The van der Waals surface area contributed by atoms with Gasteiger partial charge in [-0.05, 0) is 73.2 Å². The third kappa shape index (κ3) is 10.6. The minimum atomic E-state index is -2.09. The Labute approximate surface area is 341 Å². The molecule has 58 heavy (non-hydrogen) atoms. The summed E-state index contributed by atoms with van der Waals surface area (Å²) in [6.45, 7) is 13.1. The summed E-state index contributed by atoms with van der Waals surface area (Å²) < 4.78 is 31.9. The van der Waals surface area contributed by atoms with Gasteiger partial charge in [-0.1, -0.05) is 45.0 Å². The number of cyclic esters (lactones) is 1. The zero-order valence-corrected chi connectivity index (χ0v) is 35.7. The Balaban J connectivity index is 1.62. The Morgan fingerprint density at radius 1 is 1.09 bits per heavy atom. The van der Waals surface area contributed by atoms with Crippen molar-refractivity contribution in [2.24, 2.45) is 23.7 Å². The first kappa shape index (κ1) is 46.7. The zero-order valence-electron chi connectivity index (χ0n) is 35.7. The van der Waals surface area contributed by atoms with Gasteiger partial charge in [0.1, 0.15) is 41.3 Å². The number of likely N-dealkylation sites (N-methyl/N-ethyl adjacent to an activating group) is 1. The fraction of sp³-hybridized carbons (Fsp3) is 0.707. The van der Waals surface area contributed by atoms with Gasteiger partial charge >= 0.3 is 12.1 Å². The second-order valence-corrected chi connectivity index (χ2v) is 16.7. The number of aromatic nitrogens is 3. The summed E-state index contributed by atoms with van der Waals surface area (Å²) in [6, 6.07) is 6.87. The number of aliphatic hydroxyl groups excluding tert-OH is 1. The van der Waals surface area contributed by atoms with E-state index in [0.29, 0.717) is 17.8 Å². The molecule has 0 spiro atoms. The topological polar surface area (TPSA) is 227 Å². The molecule has 0 unspecified atom stereocenters. The largest absolute Gasteiger partial charge is 0.459 e. The van der Waals surface area contributed by atoms with Crippen molar-refractivity contribution in [1.29, 1.82) is 0 Å². The molecule has 2 saturated heterocycles. The van der Waals surface area contributed by atoms with Gasteiger partial charge in [-0.2, -0.15) is 0 Å². The molecule has 1 aromatic carbocycles. The number of rotatable bonds is 10. The van der Waals surface area contributed by atoms with Crippen molar-refractivity contribution in [3.05, 3.63) is 30.5 Å². The van der Waals surface area contributed by atoms with E-state index >= 15 is 0 Å². The highest BCUT2D eigenvalue weighted by atomic mass is 16.7. The molecular weight excluding hydrogens is 752 g/mol. The molecule has 17 heteroatoms. The smallest absolute Gasteiger partial charge is 0.407 e. The third-order valence-corrected chi connectivity index (χ3v) is 11.8. The fourth-order valence-electron chi connectivity index (χ4n) is 8.31. The maximum absolute atomic E-state index is 14.4. The van der Waals surface area contributed by atoms with Crippen molar-refractivity contribution in [2.45, 2.75) is 135 Å². The number of carbonyl (C=O) groups is 4. The molecule has 0 radical (unpaired) electrons. The van der Waals surface area contributed by atoms with Gasteiger partial charge in [-0.25, -0.2) is 4.79 Å². The normalized spacial score (nSPS) is 35.6. The lowest BCUT2D eigenvalue weighted by molar-refractivity contribution is -0.295. The number of nitrogens with one attached hydrogen (secondary N) is 1. The Kier molecular flexibility index (Phi) is 15.6. The highest BCUT2D eigenvalue weighted by Gasteiger charge is 2.53. The summed E-state index contributed by atoms with van der Waals surface area (Å²) in [6.07, 6.45) is -5.08. The zero-order chi connectivity index (χ0) is 43.3. The van der Waals surface area contributed by atoms with Crippen LogP contribution in [-0.4, -0.2) is 136 Å². The van der Waals surface area contributed by atoms with Crippen LogP contribution in [0.5, 0.6) is 0 Å². The molecule has 1 aromatic heterocycles. The quantitative estimate of drug-likeness (QED) is 0.154. The number of esters is 1. The summed E-state index contributed by atoms with van der Waals surface area (Å²) in [5.74, 6) is -6.11. The number of benzene rings is 1. The number of alkyl carbamates (subject to hydrolysis) is 1. The molecule has 2 aromatic rings. The van der Waals surface area contributed by atoms with E-state index in [1.54, 1.807) is 59.0 Å². The summed E-state index contributed by atoms with van der Waals surface area (Å²) >= 11 is 0. The summed E-state index contributed by atoms with van der Waals surface area (Å²) in [5, 5.41) is 34.5. The number of methoxy groups -OCH3 is 1. The Hall–Kier alpha value is -4.00. The molecule has 13 atom stereocenters. The third-order valence-electron chi connectivity index (χ3n) is 11.8. The van der Waals surface area contributed by atoms with Gasteiger partial charge in [0.15, 0.2) is 12.1 Å². The predicted octanol–water partition coefficient (Wildman–Crippen LogP) is 3.00. The van der Waals surface area contributed by atoms with Crippen molar-refractivity contribution in [2.75, 3.05) is 33.5 Å². The summed E-state index contributed by atoms with van der Waals surface area (Å²) in [4.78, 5) is 57.6. The highest BCUT2D eigenvalue weighted by molar-refractivity contribution is 6.00. The lowest BCUT2D eigenvalue weighted by Crippen LogP contribution is -2.60. The summed E-state index contributed by atoms with van der Waals surface area (Å²) in [7, 11) is 5.12. The van der Waals surface area contributed by atoms with Crippen LogP contribution in [0.4, 0.5) is 10.5 Å². The van der Waals surface area contributed by atoms with Gasteiger partial charge < -0.3 is 49.8 Å². The second-order valence-electron chi connectivity index (χ2n) is 16.7. The second kappa shape index (κ2) is 19.4. The van der Waals surface area contributed by atoms with Crippen molar-refractivity contribution in [3.8, 4) is 11.3 Å². The summed E-state index contributed by atoms with van der Waals surface area (Å²) in [5.41, 5.74) is 4.40. The SMILES string of the molecule is CC[C@H]1OC(=O)[C@H](C)C(=O)[C@H](C)[C@@H](O[C@H]2O[C@@H](C)C[C@@H](N(C)C)[C@@H]2O)[C@](C)(OC)C[C@@H](C)C(=O)[C@H](C)[C@@H](OC(=O)NCCn2cc(-c3cccc(N)c3)nn2)[C@]1(C)O. The number of nitrogens with two attached hydrogens (primary N) is 1. The molecule has 2 aliphatic heterocycles. The number of ether oxygens (including phenoxy) is 5. The van der Waals surface area contributed by atoms with Crippen molar-refractivity contribution in [3.63, 3.8) is 0 Å². The molecule has 2 fully saturated rings. The number of amides is 1. The molecule has 1 amide bonds. The first-order valence-electron chi connectivity index (χ1n) is 20.1. The number of hydrogen-bond donors (Lipinski definition) is 4. The molecule has 2 aliphatic rings. The van der Waals surface area contributed by atoms with Crippen LogP contribution in [0.25, 0.3) is 11.3 Å². The van der Waals surface area contributed by atoms with Crippen LogP contribution in [0.15, 0.2) is 30.5 Å². The first-order chi connectivity index (χ1) is 27.1. The van der Waals surface area contributed by atoms with E-state index in [4.69, 9.17) is 29.4 Å². The standard InChI is InChI=1S/C41H64N6O11/c1-12-31-41(8,53)36(58-39(52)43-16-17-47-21-29(44-45-47)27-14-13-15-28(42)19-27)24(4)32(48)22(2)20-40(7,54-11)35(25(5)33(49)26(6)37(51)56-31)57-38-34(50)30(46(9)10)18-23(3)55-38/h13-15,19,21-26,30-31,34-36,38,50,53H,12,16-18,20,42H2,1-11H3,(H,43,52)/t22-,23+,24+,25+,26-,30-,31-,34+,35-,36-,38-,40-,41-/m1/s1. The maximum atomic E-state index is 14.4. The number of hydrogen-bond acceptors (Lipinski definition) is 15. The molecule has 0 bridgehead atoms. The van der Waals surface area contributed by atoms with Gasteiger partial charge in [0.25, 0.3) is 0 Å². The lowest BCUT2D eigenvalue weighted by atomic mass is 9.74. The van der Waals surface area contributed by atoms with Crippen LogP contribution in [0, 0.1) is 23.7 Å². The van der Waals surface area contributed by atoms with Crippen LogP contribution >= 0.6 is 0 Å². The van der Waals surface area contributed by atoms with E-state index in [9.17, 15) is 29.4 Å². The number of nitrogen functional groups attached to an aromatic ring is 1. The molecule has 3 heterocycles. The molecule has 0 saturated carbocycles. The van der Waals surface area contributed by atoms with Crippen molar-refractivity contribution < 1.29 is 53.1 Å². The number of ketones is 2. The maximum Gasteiger partial charge on any atom is 0.407 e. The predicted molar refractivity (Wildman–Crippen MR) is 213 cm³/mol. The Bertz CT molecular complexity index is 1740. The van der Waals surface area contributed by atoms with Crippen LogP contribution in [0.3, 0.4) is 0 Å². The number of anilines is 1. The van der Waals surface area contributed by atoms with Crippen LogP contribution < -0.4 is 11.1 Å². The minimum Gasteiger partial charge on any atom is -0.459 e. The van der Waals surface area contributed by atoms with Gasteiger partial charge in [-0.3, -0.25) is 19.1 Å².